The standard InChI is InChI=1S/C17H20N2O5S/c1-12-9-16(12)17-8-7-15(24-17)10-18(2)25(22,23)11-13-3-5-14(6-4-13)19(20)21/h3-8,12,16H,9-11H2,1-2H3/t12-,16-/m0/s1. The summed E-state index contributed by atoms with van der Waals surface area (Å²) in [6.45, 7) is 2.32. The second-order valence-electron chi connectivity index (χ2n) is 6.56. The second-order valence-corrected chi connectivity index (χ2v) is 8.64. The number of sulfonamides is 1. The maximum absolute atomic E-state index is 12.5. The first-order valence-electron chi connectivity index (χ1n) is 8.02. The number of hydrogen-bond donors (Lipinski definition) is 0. The molecule has 1 aromatic carbocycles. The van der Waals surface area contributed by atoms with Gasteiger partial charge in [-0.05, 0) is 30.0 Å². The molecule has 7 nitrogen and oxygen atoms in total. The smallest absolute Gasteiger partial charge is 0.269 e. The third-order valence-corrected chi connectivity index (χ3v) is 6.28. The molecule has 1 aliphatic carbocycles. The number of nitro benzene ring substituents is 1. The van der Waals surface area contributed by atoms with Crippen LogP contribution >= 0.6 is 0 Å². The van der Waals surface area contributed by atoms with E-state index >= 15 is 0 Å². The van der Waals surface area contributed by atoms with Crippen molar-refractivity contribution in [2.75, 3.05) is 7.05 Å². The van der Waals surface area contributed by atoms with Gasteiger partial charge in [-0.3, -0.25) is 10.1 Å². The van der Waals surface area contributed by atoms with E-state index in [9.17, 15) is 18.5 Å². The lowest BCUT2D eigenvalue weighted by molar-refractivity contribution is -0.384. The average Bonchev–Trinajstić information content (AvgIpc) is 3.09. The molecule has 1 aromatic heterocycles. The van der Waals surface area contributed by atoms with Gasteiger partial charge in [-0.2, -0.15) is 4.31 Å². The maximum Gasteiger partial charge on any atom is 0.269 e. The first kappa shape index (κ1) is 17.6. The van der Waals surface area contributed by atoms with Crippen LogP contribution in [-0.2, 0) is 22.3 Å². The van der Waals surface area contributed by atoms with Crippen LogP contribution in [0.2, 0.25) is 0 Å². The Bertz CT molecular complexity index is 873. The molecule has 134 valence electrons. The molecule has 0 N–H and O–H groups in total. The first-order valence-corrected chi connectivity index (χ1v) is 9.63. The normalized spacial score (nSPS) is 20.0. The van der Waals surface area contributed by atoms with Crippen LogP contribution in [0, 0.1) is 16.0 Å². The molecule has 1 saturated carbocycles. The van der Waals surface area contributed by atoms with Gasteiger partial charge in [0.05, 0.1) is 17.2 Å². The maximum atomic E-state index is 12.5. The lowest BCUT2D eigenvalue weighted by Crippen LogP contribution is -2.27. The highest BCUT2D eigenvalue weighted by atomic mass is 32.2. The fraction of sp³-hybridized carbons (Fsp3) is 0.412. The third-order valence-electron chi connectivity index (χ3n) is 4.51. The number of rotatable bonds is 7. The quantitative estimate of drug-likeness (QED) is 0.555. The largest absolute Gasteiger partial charge is 0.464 e. The summed E-state index contributed by atoms with van der Waals surface area (Å²) in [5.41, 5.74) is 0.441. The van der Waals surface area contributed by atoms with Crippen molar-refractivity contribution in [2.24, 2.45) is 5.92 Å². The summed E-state index contributed by atoms with van der Waals surface area (Å²) < 4.78 is 32.0. The van der Waals surface area contributed by atoms with Crippen molar-refractivity contribution in [3.05, 3.63) is 63.6 Å². The van der Waals surface area contributed by atoms with E-state index in [4.69, 9.17) is 4.42 Å². The van der Waals surface area contributed by atoms with E-state index in [0.29, 0.717) is 23.2 Å². The van der Waals surface area contributed by atoms with E-state index in [-0.39, 0.29) is 18.0 Å². The molecule has 2 aromatic rings. The molecule has 0 saturated heterocycles. The van der Waals surface area contributed by atoms with Crippen molar-refractivity contribution in [2.45, 2.75) is 31.6 Å². The summed E-state index contributed by atoms with van der Waals surface area (Å²) in [4.78, 5) is 10.1. The molecular formula is C17H20N2O5S. The Balaban J connectivity index is 1.64. The Labute approximate surface area is 146 Å². The molecule has 2 atom stereocenters. The molecule has 0 radical (unpaired) electrons. The fourth-order valence-electron chi connectivity index (χ4n) is 2.75. The van der Waals surface area contributed by atoms with Crippen molar-refractivity contribution in [3.63, 3.8) is 0 Å². The van der Waals surface area contributed by atoms with Gasteiger partial charge in [0.2, 0.25) is 10.0 Å². The molecule has 1 aliphatic rings. The molecular weight excluding hydrogens is 344 g/mol. The van der Waals surface area contributed by atoms with Crippen molar-refractivity contribution in [1.82, 2.24) is 4.31 Å². The molecule has 25 heavy (non-hydrogen) atoms. The monoisotopic (exact) mass is 364 g/mol. The third kappa shape index (κ3) is 4.08. The summed E-state index contributed by atoms with van der Waals surface area (Å²) in [6, 6.07) is 9.27. The summed E-state index contributed by atoms with van der Waals surface area (Å²) in [5.74, 6) is 2.40. The van der Waals surface area contributed by atoms with Gasteiger partial charge < -0.3 is 4.42 Å². The molecule has 0 spiro atoms. The number of furan rings is 1. The van der Waals surface area contributed by atoms with Crippen molar-refractivity contribution in [1.29, 1.82) is 0 Å². The SMILES string of the molecule is C[C@H]1C[C@@H]1c1ccc(CN(C)S(=O)(=O)Cc2ccc([N+](=O)[O-])cc2)o1. The molecule has 8 heteroatoms. The van der Waals surface area contributed by atoms with Gasteiger partial charge in [0.25, 0.3) is 5.69 Å². The first-order chi connectivity index (χ1) is 11.8. The Kier molecular flexibility index (Phi) is 4.66. The van der Waals surface area contributed by atoms with Crippen LogP contribution in [0.5, 0.6) is 0 Å². The fourth-order valence-corrected chi connectivity index (χ4v) is 3.91. The van der Waals surface area contributed by atoms with E-state index in [1.54, 1.807) is 0 Å². The molecule has 0 bridgehead atoms. The van der Waals surface area contributed by atoms with Crippen molar-refractivity contribution >= 4 is 15.7 Å². The van der Waals surface area contributed by atoms with Gasteiger partial charge in [-0.1, -0.05) is 19.1 Å². The number of hydrogen-bond acceptors (Lipinski definition) is 5. The summed E-state index contributed by atoms with van der Waals surface area (Å²) >= 11 is 0. The van der Waals surface area contributed by atoms with Crippen molar-refractivity contribution < 1.29 is 17.8 Å². The molecule has 3 rings (SSSR count). The number of benzene rings is 1. The van der Waals surface area contributed by atoms with Gasteiger partial charge in [0.1, 0.15) is 11.5 Å². The van der Waals surface area contributed by atoms with Gasteiger partial charge in [0, 0.05) is 25.1 Å². The minimum Gasteiger partial charge on any atom is -0.464 e. The summed E-state index contributed by atoms with van der Waals surface area (Å²) in [6.07, 6.45) is 1.11. The highest BCUT2D eigenvalue weighted by molar-refractivity contribution is 7.88. The van der Waals surface area contributed by atoms with Crippen LogP contribution in [0.15, 0.2) is 40.8 Å². The van der Waals surface area contributed by atoms with Crippen molar-refractivity contribution in [3.8, 4) is 0 Å². The second kappa shape index (κ2) is 6.61. The zero-order valence-corrected chi connectivity index (χ0v) is 14.9. The van der Waals surface area contributed by atoms with Crippen LogP contribution < -0.4 is 0 Å². The predicted molar refractivity (Wildman–Crippen MR) is 92.4 cm³/mol. The van der Waals surface area contributed by atoms with Gasteiger partial charge in [-0.15, -0.1) is 0 Å². The lowest BCUT2D eigenvalue weighted by Gasteiger charge is -2.16. The van der Waals surface area contributed by atoms with Gasteiger partial charge in [0.15, 0.2) is 0 Å². The molecule has 0 amide bonds. The Morgan fingerprint density at radius 2 is 1.88 bits per heavy atom. The predicted octanol–water partition coefficient (Wildman–Crippen LogP) is 3.27. The van der Waals surface area contributed by atoms with Crippen LogP contribution in [0.3, 0.4) is 0 Å². The zero-order chi connectivity index (χ0) is 18.2. The van der Waals surface area contributed by atoms with Gasteiger partial charge in [-0.25, -0.2) is 8.42 Å². The Morgan fingerprint density at radius 1 is 1.24 bits per heavy atom. The van der Waals surface area contributed by atoms with Crippen LogP contribution in [-0.4, -0.2) is 24.7 Å². The molecule has 1 heterocycles. The number of nitrogens with zero attached hydrogens (tertiary/aromatic N) is 2. The van der Waals surface area contributed by atoms with Crippen LogP contribution in [0.25, 0.3) is 0 Å². The van der Waals surface area contributed by atoms with E-state index in [1.807, 2.05) is 12.1 Å². The summed E-state index contributed by atoms with van der Waals surface area (Å²) in [5, 5.41) is 10.7. The lowest BCUT2D eigenvalue weighted by atomic mass is 10.2. The minimum absolute atomic E-state index is 0.0630. The average molecular weight is 364 g/mol. The summed E-state index contributed by atoms with van der Waals surface area (Å²) in [7, 11) is -2.04. The highest BCUT2D eigenvalue weighted by Crippen LogP contribution is 2.47. The van der Waals surface area contributed by atoms with Crippen LogP contribution in [0.4, 0.5) is 5.69 Å². The molecule has 0 unspecified atom stereocenters. The topological polar surface area (TPSA) is 93.7 Å². The van der Waals surface area contributed by atoms with E-state index < -0.39 is 14.9 Å². The highest BCUT2D eigenvalue weighted by Gasteiger charge is 2.36. The number of nitro groups is 1. The zero-order valence-electron chi connectivity index (χ0n) is 14.1. The number of non-ortho nitro benzene ring substituents is 1. The minimum atomic E-state index is -3.55. The van der Waals surface area contributed by atoms with Gasteiger partial charge >= 0.3 is 0 Å². The molecule has 1 fully saturated rings. The van der Waals surface area contributed by atoms with E-state index in [0.717, 1.165) is 12.2 Å². The van der Waals surface area contributed by atoms with E-state index in [2.05, 4.69) is 6.92 Å². The molecule has 0 aliphatic heterocycles. The Hall–Kier alpha value is -2.19. The van der Waals surface area contributed by atoms with Crippen LogP contribution in [0.1, 0.15) is 36.3 Å². The Morgan fingerprint density at radius 3 is 2.44 bits per heavy atom. The van der Waals surface area contributed by atoms with E-state index in [1.165, 1.54) is 35.6 Å².